The molecular weight excluding hydrogens is 168 g/mol. The first kappa shape index (κ1) is 11.0. The highest BCUT2D eigenvalue weighted by molar-refractivity contribution is 4.89. The molecule has 13 heavy (non-hydrogen) atoms. The van der Waals surface area contributed by atoms with E-state index in [1.54, 1.807) is 14.2 Å². The van der Waals surface area contributed by atoms with Crippen molar-refractivity contribution < 1.29 is 14.2 Å². The Morgan fingerprint density at radius 1 is 1.31 bits per heavy atom. The Morgan fingerprint density at radius 2 is 1.92 bits per heavy atom. The van der Waals surface area contributed by atoms with Gasteiger partial charge in [-0.3, -0.25) is 0 Å². The minimum absolute atomic E-state index is 0.127. The van der Waals surface area contributed by atoms with E-state index >= 15 is 0 Å². The van der Waals surface area contributed by atoms with Crippen molar-refractivity contribution >= 4 is 0 Å². The van der Waals surface area contributed by atoms with Gasteiger partial charge in [-0.15, -0.1) is 0 Å². The van der Waals surface area contributed by atoms with E-state index in [2.05, 4.69) is 20.8 Å². The van der Waals surface area contributed by atoms with Crippen molar-refractivity contribution in [3.63, 3.8) is 0 Å². The lowest BCUT2D eigenvalue weighted by atomic mass is 9.81. The Bertz CT molecular complexity index is 172. The molecule has 0 amide bonds. The number of rotatable bonds is 2. The summed E-state index contributed by atoms with van der Waals surface area (Å²) in [6.45, 7) is 6.33. The monoisotopic (exact) mass is 188 g/mol. The van der Waals surface area contributed by atoms with Crippen LogP contribution in [0.4, 0.5) is 0 Å². The van der Waals surface area contributed by atoms with E-state index in [0.717, 1.165) is 6.42 Å². The van der Waals surface area contributed by atoms with E-state index in [4.69, 9.17) is 14.2 Å². The second-order valence-corrected chi connectivity index (χ2v) is 4.02. The summed E-state index contributed by atoms with van der Waals surface area (Å²) < 4.78 is 16.4. The van der Waals surface area contributed by atoms with Gasteiger partial charge in [0.1, 0.15) is 0 Å². The zero-order valence-corrected chi connectivity index (χ0v) is 9.16. The maximum atomic E-state index is 5.64. The van der Waals surface area contributed by atoms with Crippen molar-refractivity contribution in [1.82, 2.24) is 0 Å². The molecule has 78 valence electrons. The molecule has 1 aliphatic rings. The Labute approximate surface area is 80.4 Å². The van der Waals surface area contributed by atoms with Gasteiger partial charge in [-0.1, -0.05) is 6.92 Å². The summed E-state index contributed by atoms with van der Waals surface area (Å²) in [5.41, 5.74) is -0.127. The van der Waals surface area contributed by atoms with Crippen LogP contribution >= 0.6 is 0 Å². The van der Waals surface area contributed by atoms with E-state index in [9.17, 15) is 0 Å². The van der Waals surface area contributed by atoms with Gasteiger partial charge in [-0.25, -0.2) is 0 Å². The van der Waals surface area contributed by atoms with Gasteiger partial charge < -0.3 is 14.2 Å². The predicted molar refractivity (Wildman–Crippen MR) is 50.5 cm³/mol. The molecule has 0 radical (unpaired) electrons. The fraction of sp³-hybridized carbons (Fsp3) is 1.00. The quantitative estimate of drug-likeness (QED) is 0.661. The normalized spacial score (nSPS) is 46.4. The molecule has 0 aromatic carbocycles. The highest BCUT2D eigenvalue weighted by atomic mass is 16.7. The molecule has 1 heterocycles. The van der Waals surface area contributed by atoms with Crippen molar-refractivity contribution in [3.8, 4) is 0 Å². The molecular formula is C10H20O3. The third-order valence-electron chi connectivity index (χ3n) is 3.33. The van der Waals surface area contributed by atoms with Crippen LogP contribution in [-0.2, 0) is 14.2 Å². The first-order valence-corrected chi connectivity index (χ1v) is 4.77. The second-order valence-electron chi connectivity index (χ2n) is 4.02. The minimum atomic E-state index is -0.129. The number of ether oxygens (including phenoxy) is 3. The van der Waals surface area contributed by atoms with Gasteiger partial charge in [0.15, 0.2) is 6.29 Å². The van der Waals surface area contributed by atoms with Crippen LogP contribution in [0, 0.1) is 5.92 Å². The van der Waals surface area contributed by atoms with Crippen LogP contribution in [0.25, 0.3) is 0 Å². The lowest BCUT2D eigenvalue weighted by Crippen LogP contribution is -2.51. The molecule has 0 aromatic rings. The predicted octanol–water partition coefficient (Wildman–Crippen LogP) is 1.81. The molecule has 1 rings (SSSR count). The van der Waals surface area contributed by atoms with Crippen molar-refractivity contribution in [2.45, 2.75) is 45.2 Å². The SMILES string of the molecule is COC1C[C@@](C)(OC)[C@@H](C)[C@H](C)O1. The summed E-state index contributed by atoms with van der Waals surface area (Å²) in [7, 11) is 3.42. The van der Waals surface area contributed by atoms with Gasteiger partial charge in [-0.2, -0.15) is 0 Å². The lowest BCUT2D eigenvalue weighted by molar-refractivity contribution is -0.251. The Kier molecular flexibility index (Phi) is 3.33. The Hall–Kier alpha value is -0.120. The van der Waals surface area contributed by atoms with Crippen LogP contribution in [0.2, 0.25) is 0 Å². The van der Waals surface area contributed by atoms with Crippen molar-refractivity contribution in [1.29, 1.82) is 0 Å². The summed E-state index contributed by atoms with van der Waals surface area (Å²) in [5, 5.41) is 0. The van der Waals surface area contributed by atoms with Gasteiger partial charge in [-0.05, 0) is 13.8 Å². The maximum absolute atomic E-state index is 5.64. The van der Waals surface area contributed by atoms with Gasteiger partial charge in [0.25, 0.3) is 0 Å². The standard InChI is InChI=1S/C10H20O3/c1-7-8(2)13-9(11-4)6-10(7,3)12-5/h7-9H,6H2,1-5H3/t7-,8-,9?,10+/m0/s1. The summed E-state index contributed by atoms with van der Waals surface area (Å²) in [6, 6.07) is 0. The van der Waals surface area contributed by atoms with Gasteiger partial charge >= 0.3 is 0 Å². The summed E-state index contributed by atoms with van der Waals surface area (Å²) in [4.78, 5) is 0. The first-order valence-electron chi connectivity index (χ1n) is 4.77. The van der Waals surface area contributed by atoms with Crippen molar-refractivity contribution in [3.05, 3.63) is 0 Å². The molecule has 4 atom stereocenters. The lowest BCUT2D eigenvalue weighted by Gasteiger charge is -2.45. The van der Waals surface area contributed by atoms with Gasteiger partial charge in [0.05, 0.1) is 11.7 Å². The maximum Gasteiger partial charge on any atom is 0.160 e. The van der Waals surface area contributed by atoms with Crippen molar-refractivity contribution in [2.24, 2.45) is 5.92 Å². The smallest absolute Gasteiger partial charge is 0.160 e. The number of hydrogen-bond donors (Lipinski definition) is 0. The van der Waals surface area contributed by atoms with Crippen LogP contribution in [0.5, 0.6) is 0 Å². The van der Waals surface area contributed by atoms with Crippen LogP contribution in [0.15, 0.2) is 0 Å². The molecule has 0 aliphatic carbocycles. The Balaban J connectivity index is 2.71. The molecule has 1 fully saturated rings. The van der Waals surface area contributed by atoms with Crippen LogP contribution in [-0.4, -0.2) is 32.2 Å². The average molecular weight is 188 g/mol. The summed E-state index contributed by atoms with van der Waals surface area (Å²) in [5.74, 6) is 0.392. The molecule has 1 saturated heterocycles. The fourth-order valence-electron chi connectivity index (χ4n) is 1.83. The first-order chi connectivity index (χ1) is 6.03. The third-order valence-corrected chi connectivity index (χ3v) is 3.33. The number of hydrogen-bond acceptors (Lipinski definition) is 3. The minimum Gasteiger partial charge on any atom is -0.378 e. The van der Waals surface area contributed by atoms with Crippen LogP contribution < -0.4 is 0 Å². The van der Waals surface area contributed by atoms with Crippen molar-refractivity contribution in [2.75, 3.05) is 14.2 Å². The zero-order chi connectivity index (χ0) is 10.1. The van der Waals surface area contributed by atoms with Crippen LogP contribution in [0.1, 0.15) is 27.2 Å². The molecule has 0 aromatic heterocycles. The number of methoxy groups -OCH3 is 2. The van der Waals surface area contributed by atoms with E-state index < -0.39 is 0 Å². The van der Waals surface area contributed by atoms with Gasteiger partial charge in [0.2, 0.25) is 0 Å². The summed E-state index contributed by atoms with van der Waals surface area (Å²) >= 11 is 0. The second kappa shape index (κ2) is 3.95. The summed E-state index contributed by atoms with van der Waals surface area (Å²) in [6.07, 6.45) is 0.852. The average Bonchev–Trinajstić information content (AvgIpc) is 2.13. The molecule has 0 spiro atoms. The van der Waals surface area contributed by atoms with E-state index in [0.29, 0.717) is 5.92 Å². The Morgan fingerprint density at radius 3 is 2.38 bits per heavy atom. The van der Waals surface area contributed by atoms with Gasteiger partial charge in [0, 0.05) is 26.6 Å². The topological polar surface area (TPSA) is 27.7 Å². The largest absolute Gasteiger partial charge is 0.378 e. The molecule has 0 saturated carbocycles. The van der Waals surface area contributed by atoms with E-state index in [-0.39, 0.29) is 18.0 Å². The van der Waals surface area contributed by atoms with E-state index in [1.165, 1.54) is 0 Å². The molecule has 3 heteroatoms. The zero-order valence-electron chi connectivity index (χ0n) is 9.16. The highest BCUT2D eigenvalue weighted by Crippen LogP contribution is 2.36. The molecule has 0 N–H and O–H groups in total. The molecule has 1 unspecified atom stereocenters. The molecule has 3 nitrogen and oxygen atoms in total. The third kappa shape index (κ3) is 2.03. The molecule has 1 aliphatic heterocycles. The highest BCUT2D eigenvalue weighted by Gasteiger charge is 2.42. The molecule has 0 bridgehead atoms. The van der Waals surface area contributed by atoms with E-state index in [1.807, 2.05) is 0 Å². The fourth-order valence-corrected chi connectivity index (χ4v) is 1.83. The van der Waals surface area contributed by atoms with Crippen LogP contribution in [0.3, 0.4) is 0 Å².